The molecule has 0 bridgehead atoms. The maximum atomic E-state index is 13.5. The van der Waals surface area contributed by atoms with Crippen LogP contribution in [0, 0.1) is 0 Å². The molecule has 0 radical (unpaired) electrons. The van der Waals surface area contributed by atoms with Crippen LogP contribution in [0.25, 0.3) is 0 Å². The number of aliphatic hydroxyl groups is 2. The Morgan fingerprint density at radius 1 is 0.471 bits per heavy atom. The summed E-state index contributed by atoms with van der Waals surface area (Å²) < 4.78 is 248. The molecule has 0 fully saturated rings. The van der Waals surface area contributed by atoms with Crippen LogP contribution < -0.4 is 0 Å². The van der Waals surface area contributed by atoms with Gasteiger partial charge in [0.15, 0.2) is 0 Å². The van der Waals surface area contributed by atoms with Crippen LogP contribution in [-0.4, -0.2) is 76.5 Å². The number of halogens is 19. The third-order valence-electron chi connectivity index (χ3n) is 4.25. The summed E-state index contributed by atoms with van der Waals surface area (Å²) in [5.74, 6) is -50.2. The minimum atomic E-state index is -9.05. The monoisotopic (exact) mass is 558 g/mol. The van der Waals surface area contributed by atoms with Crippen LogP contribution in [0.15, 0.2) is 0 Å². The van der Waals surface area contributed by atoms with Gasteiger partial charge in [0.1, 0.15) is 0 Å². The molecule has 2 nitrogen and oxygen atoms in total. The Labute approximate surface area is 174 Å². The van der Waals surface area contributed by atoms with Gasteiger partial charge < -0.3 is 10.2 Å². The van der Waals surface area contributed by atoms with Gasteiger partial charge in [0.2, 0.25) is 0 Å². The van der Waals surface area contributed by atoms with Crippen LogP contribution in [0.3, 0.4) is 0 Å². The standard InChI is InChI=1S/C13H9F19O2/c14-5(15,2-1-4(34)3-33)7(17,18)9(21,22)11(25,26)10(23,24)8(19,20)6(16,12(27,28)29)13(30,31)32/h4,33-34H,1-3H2. The molecule has 21 heteroatoms. The second kappa shape index (κ2) is 8.61. The molecule has 0 saturated carbocycles. The van der Waals surface area contributed by atoms with Crippen molar-refractivity contribution in [3.05, 3.63) is 0 Å². The SMILES string of the molecule is OCC(O)CCC(F)(F)C(F)(F)C(F)(F)C(F)(F)C(F)(F)C(F)(F)C(F)(C(F)(F)F)C(F)(F)F. The lowest BCUT2D eigenvalue weighted by Crippen LogP contribution is -2.77. The largest absolute Gasteiger partial charge is 0.438 e. The highest BCUT2D eigenvalue weighted by Gasteiger charge is 2.98. The predicted molar refractivity (Wildman–Crippen MR) is 68.0 cm³/mol. The maximum absolute atomic E-state index is 13.5. The first-order valence-corrected chi connectivity index (χ1v) is 7.84. The molecule has 2 N–H and O–H groups in total. The Balaban J connectivity index is 6.87. The molecular weight excluding hydrogens is 549 g/mol. The molecule has 0 aliphatic rings. The van der Waals surface area contributed by atoms with Gasteiger partial charge >= 0.3 is 53.6 Å². The average molecular weight is 558 g/mol. The molecule has 1 atom stereocenters. The van der Waals surface area contributed by atoms with E-state index >= 15 is 0 Å². The van der Waals surface area contributed by atoms with Crippen molar-refractivity contribution in [1.29, 1.82) is 0 Å². The summed E-state index contributed by atoms with van der Waals surface area (Å²) in [4.78, 5) is 0. The van der Waals surface area contributed by atoms with E-state index in [4.69, 9.17) is 10.2 Å². The summed E-state index contributed by atoms with van der Waals surface area (Å²) in [6, 6.07) is 0. The van der Waals surface area contributed by atoms with Crippen LogP contribution >= 0.6 is 0 Å². The Kier molecular flexibility index (Phi) is 8.25. The number of rotatable bonds is 10. The first-order valence-electron chi connectivity index (χ1n) is 7.84. The van der Waals surface area contributed by atoms with Gasteiger partial charge in [-0.15, -0.1) is 0 Å². The van der Waals surface area contributed by atoms with Crippen LogP contribution in [0.5, 0.6) is 0 Å². The summed E-state index contributed by atoms with van der Waals surface area (Å²) >= 11 is 0. The van der Waals surface area contributed by atoms with Gasteiger partial charge in [-0.3, -0.25) is 0 Å². The summed E-state index contributed by atoms with van der Waals surface area (Å²) in [5.41, 5.74) is -8.76. The Morgan fingerprint density at radius 2 is 0.765 bits per heavy atom. The van der Waals surface area contributed by atoms with Gasteiger partial charge in [-0.25, -0.2) is 4.39 Å². The van der Waals surface area contributed by atoms with Gasteiger partial charge in [0.05, 0.1) is 12.7 Å². The molecule has 0 spiro atoms. The first-order chi connectivity index (χ1) is 14.5. The lowest BCUT2D eigenvalue weighted by Gasteiger charge is -2.45. The normalized spacial score (nSPS) is 17.2. The zero-order valence-electron chi connectivity index (χ0n) is 15.3. The molecule has 34 heavy (non-hydrogen) atoms. The second-order valence-electron chi connectivity index (χ2n) is 6.61. The lowest BCUT2D eigenvalue weighted by molar-refractivity contribution is -0.472. The van der Waals surface area contributed by atoms with Crippen LogP contribution in [0.1, 0.15) is 12.8 Å². The molecule has 0 aromatic heterocycles. The van der Waals surface area contributed by atoms with E-state index in [1.54, 1.807) is 0 Å². The zero-order valence-corrected chi connectivity index (χ0v) is 15.3. The highest BCUT2D eigenvalue weighted by atomic mass is 19.4. The van der Waals surface area contributed by atoms with E-state index in [1.807, 2.05) is 0 Å². The molecular formula is C13H9F19O2. The molecule has 0 aliphatic heterocycles. The fourth-order valence-corrected chi connectivity index (χ4v) is 2.15. The van der Waals surface area contributed by atoms with Gasteiger partial charge in [-0.05, 0) is 6.42 Å². The topological polar surface area (TPSA) is 40.5 Å². The molecule has 0 aromatic carbocycles. The molecule has 0 aromatic rings. The molecule has 0 heterocycles. The highest BCUT2D eigenvalue weighted by Crippen LogP contribution is 2.66. The van der Waals surface area contributed by atoms with Gasteiger partial charge in [-0.2, -0.15) is 79.0 Å². The maximum Gasteiger partial charge on any atom is 0.438 e. The molecule has 0 amide bonds. The van der Waals surface area contributed by atoms with E-state index < -0.39 is 79.1 Å². The fraction of sp³-hybridized carbons (Fsp3) is 1.00. The van der Waals surface area contributed by atoms with Crippen molar-refractivity contribution in [1.82, 2.24) is 0 Å². The average Bonchev–Trinajstić information content (AvgIpc) is 2.62. The summed E-state index contributed by atoms with van der Waals surface area (Å²) in [6.45, 7) is -1.55. The Bertz CT molecular complexity index is 692. The van der Waals surface area contributed by atoms with E-state index in [1.165, 1.54) is 0 Å². The van der Waals surface area contributed by atoms with Crippen LogP contribution in [0.4, 0.5) is 83.4 Å². The Morgan fingerprint density at radius 3 is 1.06 bits per heavy atom. The fourth-order valence-electron chi connectivity index (χ4n) is 2.15. The molecule has 0 saturated heterocycles. The van der Waals surface area contributed by atoms with Crippen molar-refractivity contribution in [3.63, 3.8) is 0 Å². The summed E-state index contributed by atoms with van der Waals surface area (Å²) in [5, 5.41) is 17.0. The molecule has 206 valence electrons. The quantitative estimate of drug-likeness (QED) is 0.335. The van der Waals surface area contributed by atoms with Crippen molar-refractivity contribution < 1.29 is 93.6 Å². The lowest BCUT2D eigenvalue weighted by atomic mass is 9.83. The summed E-state index contributed by atoms with van der Waals surface area (Å²) in [6.07, 6.45) is -23.8. The van der Waals surface area contributed by atoms with Gasteiger partial charge in [-0.1, -0.05) is 0 Å². The van der Waals surface area contributed by atoms with Crippen molar-refractivity contribution in [3.8, 4) is 0 Å². The van der Waals surface area contributed by atoms with Crippen LogP contribution in [0.2, 0.25) is 0 Å². The van der Waals surface area contributed by atoms with Crippen molar-refractivity contribution in [2.24, 2.45) is 0 Å². The minimum absolute atomic E-state index is 1.55. The second-order valence-corrected chi connectivity index (χ2v) is 6.61. The Hall–Kier alpha value is -1.41. The van der Waals surface area contributed by atoms with Crippen molar-refractivity contribution in [2.45, 2.75) is 72.5 Å². The number of alkyl halides is 19. The highest BCUT2D eigenvalue weighted by molar-refractivity contribution is 5.19. The smallest absolute Gasteiger partial charge is 0.394 e. The third kappa shape index (κ3) is 4.34. The number of hydrogen-bond acceptors (Lipinski definition) is 2. The minimum Gasteiger partial charge on any atom is -0.394 e. The molecule has 0 aliphatic carbocycles. The van der Waals surface area contributed by atoms with E-state index in [-0.39, 0.29) is 0 Å². The predicted octanol–water partition coefficient (Wildman–Crippen LogP) is 5.76. The zero-order chi connectivity index (χ0) is 28.2. The van der Waals surface area contributed by atoms with E-state index in [2.05, 4.69) is 0 Å². The first kappa shape index (κ1) is 32.6. The molecule has 1 unspecified atom stereocenters. The van der Waals surface area contributed by atoms with Gasteiger partial charge in [0.25, 0.3) is 0 Å². The van der Waals surface area contributed by atoms with Crippen molar-refractivity contribution in [2.75, 3.05) is 6.61 Å². The third-order valence-corrected chi connectivity index (χ3v) is 4.25. The van der Waals surface area contributed by atoms with E-state index in [0.717, 1.165) is 0 Å². The summed E-state index contributed by atoms with van der Waals surface area (Å²) in [7, 11) is 0. The van der Waals surface area contributed by atoms with Gasteiger partial charge in [0, 0.05) is 6.42 Å². The van der Waals surface area contributed by atoms with Crippen molar-refractivity contribution >= 4 is 0 Å². The van der Waals surface area contributed by atoms with E-state index in [0.29, 0.717) is 0 Å². The number of hydrogen-bond donors (Lipinski definition) is 2. The van der Waals surface area contributed by atoms with Crippen LogP contribution in [-0.2, 0) is 0 Å². The number of aliphatic hydroxyl groups excluding tert-OH is 2. The molecule has 0 rings (SSSR count). The van der Waals surface area contributed by atoms with E-state index in [9.17, 15) is 83.4 Å².